The van der Waals surface area contributed by atoms with Crippen LogP contribution < -0.4 is 11.1 Å². The highest BCUT2D eigenvalue weighted by Crippen LogP contribution is 2.19. The van der Waals surface area contributed by atoms with Crippen LogP contribution in [0.25, 0.3) is 0 Å². The van der Waals surface area contributed by atoms with E-state index in [1.807, 2.05) is 6.07 Å². The molecule has 0 saturated heterocycles. The average molecular weight is 273 g/mol. The molecule has 0 bridgehead atoms. The monoisotopic (exact) mass is 273 g/mol. The van der Waals surface area contributed by atoms with Crippen LogP contribution in [0.1, 0.15) is 33.9 Å². The summed E-state index contributed by atoms with van der Waals surface area (Å²) in [5, 5.41) is 20.3. The lowest BCUT2D eigenvalue weighted by Gasteiger charge is -2.11. The quantitative estimate of drug-likeness (QED) is 0.881. The first-order chi connectivity index (χ1) is 9.11. The standard InChI is InChI=1S/C12H11N5OS/c1-7(11-16-17-12(14)19-11)15-10(18)9-5-3-2-4-8(9)6-13/h2-5,7H,1H3,(H2,14,17)(H,15,18)/t7-/m1/s1. The Morgan fingerprint density at radius 3 is 2.84 bits per heavy atom. The van der Waals surface area contributed by atoms with Crippen molar-refractivity contribution >= 4 is 22.4 Å². The zero-order valence-electron chi connectivity index (χ0n) is 10.1. The summed E-state index contributed by atoms with van der Waals surface area (Å²) in [5.41, 5.74) is 6.17. The van der Waals surface area contributed by atoms with Gasteiger partial charge in [0.2, 0.25) is 5.13 Å². The normalized spacial score (nSPS) is 11.6. The predicted octanol–water partition coefficient (Wildman–Crippen LogP) is 1.48. The molecule has 2 aromatic rings. The number of nitrogens with two attached hydrogens (primary N) is 1. The summed E-state index contributed by atoms with van der Waals surface area (Å²) in [6, 6.07) is 8.31. The van der Waals surface area contributed by atoms with Gasteiger partial charge in [0, 0.05) is 0 Å². The minimum Gasteiger partial charge on any atom is -0.374 e. The van der Waals surface area contributed by atoms with Crippen LogP contribution in [-0.2, 0) is 0 Å². The van der Waals surface area contributed by atoms with Crippen molar-refractivity contribution in [3.63, 3.8) is 0 Å². The molecule has 3 N–H and O–H groups in total. The fourth-order valence-corrected chi connectivity index (χ4v) is 2.15. The largest absolute Gasteiger partial charge is 0.374 e. The Morgan fingerprint density at radius 1 is 1.47 bits per heavy atom. The molecule has 0 saturated carbocycles. The van der Waals surface area contributed by atoms with Crippen LogP contribution in [0.4, 0.5) is 5.13 Å². The Kier molecular flexibility index (Phi) is 3.73. The topological polar surface area (TPSA) is 105 Å². The molecule has 1 atom stereocenters. The number of nitrogens with zero attached hydrogens (tertiary/aromatic N) is 3. The Labute approximate surface area is 113 Å². The Balaban J connectivity index is 2.15. The van der Waals surface area contributed by atoms with Gasteiger partial charge in [-0.1, -0.05) is 23.5 Å². The molecule has 6 nitrogen and oxygen atoms in total. The van der Waals surface area contributed by atoms with E-state index >= 15 is 0 Å². The molecule has 2 rings (SSSR count). The first-order valence-corrected chi connectivity index (χ1v) is 6.32. The maximum absolute atomic E-state index is 12.1. The van der Waals surface area contributed by atoms with Crippen molar-refractivity contribution in [3.8, 4) is 6.07 Å². The SMILES string of the molecule is C[C@@H](NC(=O)c1ccccc1C#N)c1nnc(N)s1. The molecule has 19 heavy (non-hydrogen) atoms. The van der Waals surface area contributed by atoms with Gasteiger partial charge in [-0.2, -0.15) is 5.26 Å². The number of benzene rings is 1. The Morgan fingerprint density at radius 2 is 2.21 bits per heavy atom. The molecule has 0 fully saturated rings. The van der Waals surface area contributed by atoms with Gasteiger partial charge in [0.15, 0.2) is 0 Å². The van der Waals surface area contributed by atoms with Crippen LogP contribution in [0.15, 0.2) is 24.3 Å². The first kappa shape index (κ1) is 13.0. The van der Waals surface area contributed by atoms with Gasteiger partial charge in [0.1, 0.15) is 5.01 Å². The molecule has 0 aliphatic carbocycles. The van der Waals surface area contributed by atoms with Crippen molar-refractivity contribution < 1.29 is 4.79 Å². The van der Waals surface area contributed by atoms with E-state index in [1.165, 1.54) is 11.3 Å². The van der Waals surface area contributed by atoms with Crippen LogP contribution in [0, 0.1) is 11.3 Å². The van der Waals surface area contributed by atoms with Crippen LogP contribution >= 0.6 is 11.3 Å². The van der Waals surface area contributed by atoms with E-state index in [0.29, 0.717) is 21.3 Å². The molecule has 7 heteroatoms. The van der Waals surface area contributed by atoms with Gasteiger partial charge in [0.25, 0.3) is 5.91 Å². The van der Waals surface area contributed by atoms with E-state index in [1.54, 1.807) is 31.2 Å². The number of hydrogen-bond acceptors (Lipinski definition) is 6. The number of carbonyl (C=O) groups is 1. The highest BCUT2D eigenvalue weighted by atomic mass is 32.1. The fourth-order valence-electron chi connectivity index (χ4n) is 1.54. The maximum atomic E-state index is 12.1. The maximum Gasteiger partial charge on any atom is 0.253 e. The molecule has 1 aromatic carbocycles. The van der Waals surface area contributed by atoms with Crippen molar-refractivity contribution in [1.82, 2.24) is 15.5 Å². The molecule has 0 unspecified atom stereocenters. The first-order valence-electron chi connectivity index (χ1n) is 5.50. The number of nitrogen functional groups attached to an aromatic ring is 1. The molecule has 0 aliphatic rings. The minimum absolute atomic E-state index is 0.311. The zero-order chi connectivity index (χ0) is 13.8. The second-order valence-corrected chi connectivity index (χ2v) is 4.87. The lowest BCUT2D eigenvalue weighted by atomic mass is 10.1. The molecule has 96 valence electrons. The highest BCUT2D eigenvalue weighted by Gasteiger charge is 2.17. The minimum atomic E-state index is -0.321. The lowest BCUT2D eigenvalue weighted by molar-refractivity contribution is 0.0939. The van der Waals surface area contributed by atoms with Gasteiger partial charge in [-0.25, -0.2) is 0 Å². The fraction of sp³-hybridized carbons (Fsp3) is 0.167. The summed E-state index contributed by atoms with van der Waals surface area (Å²) in [6.45, 7) is 1.78. The highest BCUT2D eigenvalue weighted by molar-refractivity contribution is 7.15. The number of rotatable bonds is 3. The van der Waals surface area contributed by atoms with Crippen LogP contribution in [0.5, 0.6) is 0 Å². The van der Waals surface area contributed by atoms with Crippen LogP contribution in [0.2, 0.25) is 0 Å². The summed E-state index contributed by atoms with van der Waals surface area (Å²) in [7, 11) is 0. The second-order valence-electron chi connectivity index (χ2n) is 3.83. The van der Waals surface area contributed by atoms with Crippen LogP contribution in [0.3, 0.4) is 0 Å². The number of carbonyl (C=O) groups excluding carboxylic acids is 1. The summed E-state index contributed by atoms with van der Waals surface area (Å²) in [5.74, 6) is -0.321. The molecule has 0 radical (unpaired) electrons. The molecule has 1 aromatic heterocycles. The smallest absolute Gasteiger partial charge is 0.253 e. The Bertz CT molecular complexity index is 646. The van der Waals surface area contributed by atoms with Crippen molar-refractivity contribution in [2.24, 2.45) is 0 Å². The summed E-state index contributed by atoms with van der Waals surface area (Å²) in [4.78, 5) is 12.1. The third kappa shape index (κ3) is 2.86. The van der Waals surface area contributed by atoms with E-state index in [0.717, 1.165) is 0 Å². The second kappa shape index (κ2) is 5.46. The Hall–Kier alpha value is -2.46. The molecule has 1 amide bonds. The van der Waals surface area contributed by atoms with Crippen LogP contribution in [-0.4, -0.2) is 16.1 Å². The molecule has 1 heterocycles. The van der Waals surface area contributed by atoms with Gasteiger partial charge in [-0.05, 0) is 19.1 Å². The number of anilines is 1. The van der Waals surface area contributed by atoms with Crippen molar-refractivity contribution in [3.05, 3.63) is 40.4 Å². The van der Waals surface area contributed by atoms with E-state index in [2.05, 4.69) is 15.5 Å². The van der Waals surface area contributed by atoms with Gasteiger partial charge < -0.3 is 11.1 Å². The molecular weight excluding hydrogens is 262 g/mol. The summed E-state index contributed by atoms with van der Waals surface area (Å²) < 4.78 is 0. The number of amides is 1. The molecule has 0 spiro atoms. The number of nitriles is 1. The van der Waals surface area contributed by atoms with Gasteiger partial charge in [-0.3, -0.25) is 4.79 Å². The lowest BCUT2D eigenvalue weighted by Crippen LogP contribution is -2.27. The van der Waals surface area contributed by atoms with Gasteiger partial charge in [0.05, 0.1) is 23.2 Å². The predicted molar refractivity (Wildman–Crippen MR) is 71.4 cm³/mol. The molecular formula is C12H11N5OS. The zero-order valence-corrected chi connectivity index (χ0v) is 10.9. The number of aromatic nitrogens is 2. The van der Waals surface area contributed by atoms with Crippen molar-refractivity contribution in [2.45, 2.75) is 13.0 Å². The molecule has 0 aliphatic heterocycles. The van der Waals surface area contributed by atoms with Crippen molar-refractivity contribution in [1.29, 1.82) is 5.26 Å². The van der Waals surface area contributed by atoms with Crippen molar-refractivity contribution in [2.75, 3.05) is 5.73 Å². The van der Waals surface area contributed by atoms with E-state index < -0.39 is 0 Å². The van der Waals surface area contributed by atoms with E-state index in [4.69, 9.17) is 11.0 Å². The van der Waals surface area contributed by atoms with Gasteiger partial charge >= 0.3 is 0 Å². The third-order valence-corrected chi connectivity index (χ3v) is 3.40. The van der Waals surface area contributed by atoms with Gasteiger partial charge in [-0.15, -0.1) is 10.2 Å². The average Bonchev–Trinajstić information content (AvgIpc) is 2.85. The summed E-state index contributed by atoms with van der Waals surface area (Å²) in [6.07, 6.45) is 0. The van der Waals surface area contributed by atoms with E-state index in [9.17, 15) is 4.79 Å². The summed E-state index contributed by atoms with van der Waals surface area (Å²) >= 11 is 1.22. The number of nitrogens with one attached hydrogen (secondary N) is 1. The number of hydrogen-bond donors (Lipinski definition) is 2. The third-order valence-electron chi connectivity index (χ3n) is 2.47. The van der Waals surface area contributed by atoms with E-state index in [-0.39, 0.29) is 11.9 Å².